The lowest BCUT2D eigenvalue weighted by molar-refractivity contribution is 0.00807. The zero-order valence-corrected chi connectivity index (χ0v) is 15.4. The Morgan fingerprint density at radius 1 is 1.25 bits per heavy atom. The number of esters is 1. The highest BCUT2D eigenvalue weighted by molar-refractivity contribution is 5.98. The number of aromatic nitrogens is 1. The van der Waals surface area contributed by atoms with Gasteiger partial charge in [0.25, 0.3) is 5.91 Å². The minimum atomic E-state index is -0.741. The number of benzene rings is 1. The molecule has 4 rings (SSSR count). The van der Waals surface area contributed by atoms with Crippen molar-refractivity contribution >= 4 is 11.9 Å². The van der Waals surface area contributed by atoms with E-state index in [2.05, 4.69) is 0 Å². The van der Waals surface area contributed by atoms with Crippen molar-refractivity contribution in [2.24, 2.45) is 0 Å². The van der Waals surface area contributed by atoms with Crippen molar-refractivity contribution in [2.75, 3.05) is 19.8 Å². The Hall–Kier alpha value is -3.13. The average molecular weight is 384 g/mol. The van der Waals surface area contributed by atoms with Crippen LogP contribution in [0.15, 0.2) is 41.3 Å². The molecule has 28 heavy (non-hydrogen) atoms. The first-order chi connectivity index (χ1) is 13.6. The van der Waals surface area contributed by atoms with Gasteiger partial charge in [-0.25, -0.2) is 4.79 Å². The molecule has 2 aliphatic heterocycles. The van der Waals surface area contributed by atoms with Crippen LogP contribution in [0.2, 0.25) is 0 Å². The van der Waals surface area contributed by atoms with Crippen LogP contribution in [0.3, 0.4) is 0 Å². The molecule has 8 nitrogen and oxygen atoms in total. The lowest BCUT2D eigenvalue weighted by Crippen LogP contribution is -2.46. The van der Waals surface area contributed by atoms with Crippen molar-refractivity contribution in [1.82, 2.24) is 9.47 Å². The van der Waals surface area contributed by atoms with E-state index in [1.165, 1.54) is 6.20 Å². The molecule has 1 unspecified atom stereocenters. The van der Waals surface area contributed by atoms with E-state index in [0.29, 0.717) is 19.7 Å². The normalized spacial score (nSPS) is 17.8. The minimum absolute atomic E-state index is 0.0998. The van der Waals surface area contributed by atoms with Crippen LogP contribution < -0.4 is 10.2 Å². The minimum Gasteiger partial charge on any atom is -0.483 e. The third kappa shape index (κ3) is 3.16. The molecule has 2 aliphatic rings. The molecule has 1 atom stereocenters. The van der Waals surface area contributed by atoms with Gasteiger partial charge >= 0.3 is 5.97 Å². The zero-order chi connectivity index (χ0) is 19.7. The molecule has 0 radical (unpaired) electrons. The maximum atomic E-state index is 13.0. The summed E-state index contributed by atoms with van der Waals surface area (Å²) >= 11 is 0. The van der Waals surface area contributed by atoms with Gasteiger partial charge in [0, 0.05) is 12.7 Å². The first kappa shape index (κ1) is 18.2. The molecule has 3 heterocycles. The van der Waals surface area contributed by atoms with Crippen LogP contribution in [0.1, 0.15) is 33.3 Å². The Morgan fingerprint density at radius 2 is 2.04 bits per heavy atom. The van der Waals surface area contributed by atoms with E-state index in [0.717, 1.165) is 5.56 Å². The topological polar surface area (TPSA) is 87.1 Å². The molecule has 0 N–H and O–H groups in total. The van der Waals surface area contributed by atoms with Crippen LogP contribution in [0.4, 0.5) is 0 Å². The van der Waals surface area contributed by atoms with E-state index in [9.17, 15) is 14.4 Å². The second-order valence-electron chi connectivity index (χ2n) is 6.52. The predicted octanol–water partition coefficient (Wildman–Crippen LogP) is 1.42. The molecule has 1 aromatic heterocycles. The first-order valence-corrected chi connectivity index (χ1v) is 9.14. The molecule has 0 spiro atoms. The van der Waals surface area contributed by atoms with Gasteiger partial charge in [0.15, 0.2) is 17.7 Å². The molecule has 1 aromatic carbocycles. The largest absolute Gasteiger partial charge is 0.483 e. The van der Waals surface area contributed by atoms with Gasteiger partial charge in [-0.15, -0.1) is 0 Å². The molecule has 0 aliphatic carbocycles. The maximum absolute atomic E-state index is 13.0. The Morgan fingerprint density at radius 3 is 2.79 bits per heavy atom. The predicted molar refractivity (Wildman–Crippen MR) is 98.2 cm³/mol. The number of nitrogens with zero attached hydrogens (tertiary/aromatic N) is 2. The zero-order valence-electron chi connectivity index (χ0n) is 15.4. The summed E-state index contributed by atoms with van der Waals surface area (Å²) in [6, 6.07) is 9.29. The highest BCUT2D eigenvalue weighted by Gasteiger charge is 2.40. The Kier molecular flexibility index (Phi) is 4.87. The van der Waals surface area contributed by atoms with Crippen molar-refractivity contribution in [1.29, 1.82) is 0 Å². The number of hydrogen-bond acceptors (Lipinski definition) is 6. The van der Waals surface area contributed by atoms with E-state index in [-0.39, 0.29) is 36.1 Å². The summed E-state index contributed by atoms with van der Waals surface area (Å²) in [5.41, 5.74) is 0.170. The first-order valence-electron chi connectivity index (χ1n) is 9.14. The van der Waals surface area contributed by atoms with Gasteiger partial charge in [-0.3, -0.25) is 9.59 Å². The van der Waals surface area contributed by atoms with Gasteiger partial charge in [-0.1, -0.05) is 30.3 Å². The number of hydrogen-bond donors (Lipinski definition) is 0. The van der Waals surface area contributed by atoms with Gasteiger partial charge in [-0.05, 0) is 12.5 Å². The van der Waals surface area contributed by atoms with Crippen molar-refractivity contribution in [2.45, 2.75) is 26.3 Å². The number of amides is 1. The third-order valence-corrected chi connectivity index (χ3v) is 4.77. The highest BCUT2D eigenvalue weighted by atomic mass is 16.5. The quantitative estimate of drug-likeness (QED) is 0.725. The fourth-order valence-corrected chi connectivity index (χ4v) is 3.43. The van der Waals surface area contributed by atoms with Crippen LogP contribution in [-0.4, -0.2) is 47.3 Å². The molecule has 0 saturated carbocycles. The SMILES string of the molecule is CCOC(=O)c1cn2c(c(OCc3ccccc3)c1=O)C(=O)N1CCOC1C2. The fraction of sp³-hybridized carbons (Fsp3) is 0.350. The molecular formula is C20H20N2O6. The smallest absolute Gasteiger partial charge is 0.343 e. The standard InChI is InChI=1S/C20H20N2O6/c1-2-26-20(25)14-10-21-11-15-22(8-9-27-15)19(24)16(21)18(17(14)23)28-12-13-6-4-3-5-7-13/h3-7,10,15H,2,8-9,11-12H2,1H3. The lowest BCUT2D eigenvalue weighted by atomic mass is 10.1. The van der Waals surface area contributed by atoms with E-state index < -0.39 is 17.6 Å². The summed E-state index contributed by atoms with van der Waals surface area (Å²) < 4.78 is 17.9. The van der Waals surface area contributed by atoms with Gasteiger partial charge in [0.1, 0.15) is 12.2 Å². The lowest BCUT2D eigenvalue weighted by Gasteiger charge is -2.32. The third-order valence-electron chi connectivity index (χ3n) is 4.77. The van der Waals surface area contributed by atoms with Crippen LogP contribution in [-0.2, 0) is 22.6 Å². The van der Waals surface area contributed by atoms with E-state index >= 15 is 0 Å². The van der Waals surface area contributed by atoms with Crippen molar-refractivity contribution in [3.05, 3.63) is 63.6 Å². The summed E-state index contributed by atoms with van der Waals surface area (Å²) in [5, 5.41) is 0. The van der Waals surface area contributed by atoms with Crippen LogP contribution in [0, 0.1) is 0 Å². The van der Waals surface area contributed by atoms with Crippen LogP contribution in [0.5, 0.6) is 5.75 Å². The number of carbonyl (C=O) groups is 2. The summed E-state index contributed by atoms with van der Waals surface area (Å²) in [5.74, 6) is -1.22. The molecular weight excluding hydrogens is 364 g/mol. The number of ether oxygens (including phenoxy) is 3. The van der Waals surface area contributed by atoms with Crippen molar-refractivity contribution in [3.63, 3.8) is 0 Å². The summed E-state index contributed by atoms with van der Waals surface area (Å²) in [7, 11) is 0. The molecule has 1 saturated heterocycles. The molecule has 0 bridgehead atoms. The van der Waals surface area contributed by atoms with Gasteiger partial charge < -0.3 is 23.7 Å². The van der Waals surface area contributed by atoms with E-state index in [1.54, 1.807) is 16.4 Å². The molecule has 8 heteroatoms. The second kappa shape index (κ2) is 7.47. The number of rotatable bonds is 5. The van der Waals surface area contributed by atoms with Gasteiger partial charge in [0.2, 0.25) is 5.43 Å². The Bertz CT molecular complexity index is 969. The molecule has 1 fully saturated rings. The number of carbonyl (C=O) groups excluding carboxylic acids is 2. The van der Waals surface area contributed by atoms with E-state index in [4.69, 9.17) is 14.2 Å². The fourth-order valence-electron chi connectivity index (χ4n) is 3.43. The van der Waals surface area contributed by atoms with Crippen molar-refractivity contribution < 1.29 is 23.8 Å². The van der Waals surface area contributed by atoms with Crippen LogP contribution in [0.25, 0.3) is 0 Å². The monoisotopic (exact) mass is 384 g/mol. The molecule has 1 amide bonds. The van der Waals surface area contributed by atoms with Gasteiger partial charge in [0.05, 0.1) is 19.8 Å². The number of pyridine rings is 1. The molecule has 146 valence electrons. The van der Waals surface area contributed by atoms with Crippen LogP contribution >= 0.6 is 0 Å². The van der Waals surface area contributed by atoms with Gasteiger partial charge in [-0.2, -0.15) is 0 Å². The van der Waals surface area contributed by atoms with Crippen molar-refractivity contribution in [3.8, 4) is 5.75 Å². The number of fused-ring (bicyclic) bond motifs is 2. The highest BCUT2D eigenvalue weighted by Crippen LogP contribution is 2.28. The average Bonchev–Trinajstić information content (AvgIpc) is 3.17. The van der Waals surface area contributed by atoms with E-state index in [1.807, 2.05) is 30.3 Å². The summed E-state index contributed by atoms with van der Waals surface area (Å²) in [6.45, 7) is 3.10. The Balaban J connectivity index is 1.78. The Labute approximate surface area is 161 Å². The maximum Gasteiger partial charge on any atom is 0.343 e. The summed E-state index contributed by atoms with van der Waals surface area (Å²) in [4.78, 5) is 39.8. The molecule has 2 aromatic rings. The summed E-state index contributed by atoms with van der Waals surface area (Å²) in [6.07, 6.45) is 0.946. The second-order valence-corrected chi connectivity index (χ2v) is 6.52.